The van der Waals surface area contributed by atoms with Gasteiger partial charge in [0.05, 0.1) is 11.9 Å². The molecule has 0 saturated heterocycles. The van der Waals surface area contributed by atoms with Gasteiger partial charge in [-0.1, -0.05) is 72.8 Å². The van der Waals surface area contributed by atoms with E-state index in [1.165, 1.54) is 11.9 Å². The molecule has 1 unspecified atom stereocenters. The Morgan fingerprint density at radius 3 is 1.97 bits per heavy atom. The van der Waals surface area contributed by atoms with Crippen molar-refractivity contribution >= 4 is 27.5 Å². The molecule has 0 fully saturated rings. The van der Waals surface area contributed by atoms with Crippen LogP contribution in [0.2, 0.25) is 0 Å². The third kappa shape index (κ3) is 6.98. The molecule has 0 aliphatic rings. The Balaban J connectivity index is 2.08. The summed E-state index contributed by atoms with van der Waals surface area (Å²) in [5.41, 5.74) is 4.73. The molecule has 3 aromatic rings. The molecule has 3 aromatic carbocycles. The van der Waals surface area contributed by atoms with E-state index in [4.69, 9.17) is 0 Å². The molecule has 3 rings (SSSR count). The monoisotopic (exact) mass is 521 g/mol. The highest BCUT2D eigenvalue weighted by atomic mass is 32.2. The summed E-state index contributed by atoms with van der Waals surface area (Å²) in [7, 11) is -2.26. The van der Waals surface area contributed by atoms with E-state index in [9.17, 15) is 18.0 Å². The molecule has 8 heteroatoms. The van der Waals surface area contributed by atoms with Gasteiger partial charge in [-0.3, -0.25) is 13.9 Å². The normalized spacial score (nSPS) is 12.0. The first kappa shape index (κ1) is 27.9. The third-order valence-electron chi connectivity index (χ3n) is 6.49. The number of aryl methyl sites for hydroxylation is 3. The highest BCUT2D eigenvalue weighted by Crippen LogP contribution is 2.27. The van der Waals surface area contributed by atoms with Crippen molar-refractivity contribution in [2.45, 2.75) is 39.8 Å². The number of carbonyl (C=O) groups excluding carboxylic acids is 2. The molecular formula is C29H35N3O4S. The number of rotatable bonds is 10. The Kier molecular flexibility index (Phi) is 9.10. The zero-order chi connectivity index (χ0) is 27.2. The fraction of sp³-hybridized carbons (Fsp3) is 0.310. The van der Waals surface area contributed by atoms with E-state index >= 15 is 0 Å². The molecule has 196 valence electrons. The summed E-state index contributed by atoms with van der Waals surface area (Å²) < 4.78 is 27.0. The maximum absolute atomic E-state index is 14.0. The van der Waals surface area contributed by atoms with E-state index in [1.54, 1.807) is 0 Å². The third-order valence-corrected chi connectivity index (χ3v) is 7.60. The standard InChI is InChI=1S/C29H35N3O4S/c1-21-12-9-10-17-25(21)19-31(26(29(34)30-4)18-24-15-7-6-8-16-24)27(33)20-32(37(5,35)36)28-22(2)13-11-14-23(28)3/h6-17,26H,18-20H2,1-5H3,(H,30,34). The van der Waals surface area contributed by atoms with Crippen molar-refractivity contribution in [3.63, 3.8) is 0 Å². The molecule has 1 atom stereocenters. The second kappa shape index (κ2) is 12.1. The maximum atomic E-state index is 14.0. The minimum absolute atomic E-state index is 0.167. The van der Waals surface area contributed by atoms with Crippen molar-refractivity contribution in [1.29, 1.82) is 0 Å². The van der Waals surface area contributed by atoms with Gasteiger partial charge in [-0.05, 0) is 48.6 Å². The number of hydrogen-bond acceptors (Lipinski definition) is 4. The molecule has 0 heterocycles. The molecule has 0 spiro atoms. The Morgan fingerprint density at radius 1 is 0.838 bits per heavy atom. The lowest BCUT2D eigenvalue weighted by Crippen LogP contribution is -2.53. The number of para-hydroxylation sites is 1. The Morgan fingerprint density at radius 2 is 1.41 bits per heavy atom. The predicted molar refractivity (Wildman–Crippen MR) is 148 cm³/mol. The van der Waals surface area contributed by atoms with Crippen molar-refractivity contribution in [2.24, 2.45) is 0 Å². The van der Waals surface area contributed by atoms with Gasteiger partial charge < -0.3 is 10.2 Å². The van der Waals surface area contributed by atoms with Gasteiger partial charge in [-0.25, -0.2) is 8.42 Å². The quantitative estimate of drug-likeness (QED) is 0.440. The summed E-state index contributed by atoms with van der Waals surface area (Å²) in [4.78, 5) is 28.7. The van der Waals surface area contributed by atoms with Gasteiger partial charge in [0.15, 0.2) is 0 Å². The molecule has 0 saturated carbocycles. The number of nitrogens with one attached hydrogen (secondary N) is 1. The number of likely N-dealkylation sites (N-methyl/N-ethyl adjacent to an activating group) is 1. The van der Waals surface area contributed by atoms with Crippen LogP contribution in [0.25, 0.3) is 0 Å². The van der Waals surface area contributed by atoms with E-state index in [-0.39, 0.29) is 12.5 Å². The first-order valence-corrected chi connectivity index (χ1v) is 14.0. The smallest absolute Gasteiger partial charge is 0.244 e. The van der Waals surface area contributed by atoms with E-state index in [1.807, 2.05) is 93.6 Å². The van der Waals surface area contributed by atoms with Crippen molar-refractivity contribution in [1.82, 2.24) is 10.2 Å². The highest BCUT2D eigenvalue weighted by Gasteiger charge is 2.33. The zero-order valence-electron chi connectivity index (χ0n) is 22.1. The number of nitrogens with zero attached hydrogens (tertiary/aromatic N) is 2. The lowest BCUT2D eigenvalue weighted by Gasteiger charge is -2.34. The highest BCUT2D eigenvalue weighted by molar-refractivity contribution is 7.92. The maximum Gasteiger partial charge on any atom is 0.244 e. The van der Waals surface area contributed by atoms with Crippen LogP contribution in [0.4, 0.5) is 5.69 Å². The average Bonchev–Trinajstić information content (AvgIpc) is 2.86. The van der Waals surface area contributed by atoms with Crippen LogP contribution in [0, 0.1) is 20.8 Å². The van der Waals surface area contributed by atoms with Crippen molar-refractivity contribution in [2.75, 3.05) is 24.2 Å². The molecule has 37 heavy (non-hydrogen) atoms. The second-order valence-electron chi connectivity index (χ2n) is 9.28. The Labute approximate surface area is 220 Å². The van der Waals surface area contributed by atoms with Gasteiger partial charge in [0, 0.05) is 20.0 Å². The van der Waals surface area contributed by atoms with Gasteiger partial charge in [0.25, 0.3) is 0 Å². The molecule has 1 N–H and O–H groups in total. The van der Waals surface area contributed by atoms with Gasteiger partial charge in [-0.2, -0.15) is 0 Å². The molecule has 7 nitrogen and oxygen atoms in total. The number of anilines is 1. The summed E-state index contributed by atoms with van der Waals surface area (Å²) in [6, 6.07) is 21.8. The van der Waals surface area contributed by atoms with Crippen LogP contribution in [-0.4, -0.2) is 51.0 Å². The molecular weight excluding hydrogens is 486 g/mol. The Hall–Kier alpha value is -3.65. The first-order valence-electron chi connectivity index (χ1n) is 12.2. The van der Waals surface area contributed by atoms with Crippen LogP contribution in [0.1, 0.15) is 27.8 Å². The first-order chi connectivity index (χ1) is 17.5. The van der Waals surface area contributed by atoms with E-state index in [0.29, 0.717) is 12.1 Å². The summed E-state index contributed by atoms with van der Waals surface area (Å²) in [6.45, 7) is 5.33. The minimum atomic E-state index is -3.80. The predicted octanol–water partition coefficient (Wildman–Crippen LogP) is 3.76. The van der Waals surface area contributed by atoms with Crippen molar-refractivity contribution in [3.05, 3.63) is 101 Å². The fourth-order valence-corrected chi connectivity index (χ4v) is 5.43. The lowest BCUT2D eigenvalue weighted by molar-refractivity contribution is -0.139. The number of hydrogen-bond donors (Lipinski definition) is 1. The van der Waals surface area contributed by atoms with E-state index < -0.39 is 28.5 Å². The van der Waals surface area contributed by atoms with Gasteiger partial charge in [-0.15, -0.1) is 0 Å². The summed E-state index contributed by atoms with van der Waals surface area (Å²) in [6.07, 6.45) is 1.39. The number of amides is 2. The molecule has 2 amide bonds. The SMILES string of the molecule is CNC(=O)C(Cc1ccccc1)N(Cc1ccccc1C)C(=O)CN(c1c(C)cccc1C)S(C)(=O)=O. The number of benzene rings is 3. The molecule has 0 bridgehead atoms. The van der Waals surface area contributed by atoms with Crippen LogP contribution in [0.15, 0.2) is 72.8 Å². The van der Waals surface area contributed by atoms with Crippen molar-refractivity contribution < 1.29 is 18.0 Å². The number of sulfonamides is 1. The number of carbonyl (C=O) groups is 2. The van der Waals surface area contributed by atoms with E-state index in [0.717, 1.165) is 38.4 Å². The van der Waals surface area contributed by atoms with Crippen LogP contribution in [0.3, 0.4) is 0 Å². The fourth-order valence-electron chi connectivity index (χ4n) is 4.47. The van der Waals surface area contributed by atoms with E-state index in [2.05, 4.69) is 5.32 Å². The molecule has 0 aliphatic carbocycles. The van der Waals surface area contributed by atoms with Gasteiger partial charge in [0.1, 0.15) is 12.6 Å². The minimum Gasteiger partial charge on any atom is -0.357 e. The zero-order valence-corrected chi connectivity index (χ0v) is 22.9. The van der Waals surface area contributed by atoms with Crippen LogP contribution < -0.4 is 9.62 Å². The molecule has 0 radical (unpaired) electrons. The van der Waals surface area contributed by atoms with Gasteiger partial charge >= 0.3 is 0 Å². The second-order valence-corrected chi connectivity index (χ2v) is 11.2. The summed E-state index contributed by atoms with van der Waals surface area (Å²) in [5.74, 6) is -0.773. The lowest BCUT2D eigenvalue weighted by atomic mass is 10.0. The largest absolute Gasteiger partial charge is 0.357 e. The molecule has 0 aliphatic heterocycles. The van der Waals surface area contributed by atoms with Crippen LogP contribution in [-0.2, 0) is 32.6 Å². The topological polar surface area (TPSA) is 86.8 Å². The van der Waals surface area contributed by atoms with Crippen LogP contribution in [0.5, 0.6) is 0 Å². The summed E-state index contributed by atoms with van der Waals surface area (Å²) >= 11 is 0. The summed E-state index contributed by atoms with van der Waals surface area (Å²) in [5, 5.41) is 2.69. The van der Waals surface area contributed by atoms with Gasteiger partial charge in [0.2, 0.25) is 21.8 Å². The molecule has 0 aromatic heterocycles. The Bertz CT molecular complexity index is 1340. The average molecular weight is 522 g/mol. The van der Waals surface area contributed by atoms with Crippen molar-refractivity contribution in [3.8, 4) is 0 Å². The van der Waals surface area contributed by atoms with Crippen LogP contribution >= 0.6 is 0 Å².